The van der Waals surface area contributed by atoms with E-state index in [4.69, 9.17) is 56.8 Å². The highest BCUT2D eigenvalue weighted by Crippen LogP contribution is 2.41. The van der Waals surface area contributed by atoms with Crippen molar-refractivity contribution in [2.24, 2.45) is 0 Å². The Morgan fingerprint density at radius 2 is 0.810 bits per heavy atom. The van der Waals surface area contributed by atoms with E-state index in [1.807, 2.05) is 38.1 Å². The fourth-order valence-corrected chi connectivity index (χ4v) is 4.19. The molecule has 0 aliphatic carbocycles. The van der Waals surface area contributed by atoms with Crippen LogP contribution in [0.2, 0.25) is 0 Å². The van der Waals surface area contributed by atoms with Gasteiger partial charge in [-0.1, -0.05) is 0 Å². The molecule has 2 aromatic rings. The van der Waals surface area contributed by atoms with Gasteiger partial charge in [0.1, 0.15) is 24.4 Å². The SMILES string of the molecule is Cc1cc(-c2cc(C)c(OCOCC3CO3)c(OCOCC3CO3)c2)cc(OCOCC2CO2)c1OCOCC1CO1. The minimum absolute atomic E-state index is 0.0595. The van der Waals surface area contributed by atoms with Crippen LogP contribution in [-0.4, -0.2) is 104 Å². The first-order chi connectivity index (χ1) is 20.6. The number of aryl methyl sites for hydroxylation is 2. The van der Waals surface area contributed by atoms with Crippen molar-refractivity contribution < 1.29 is 56.8 Å². The predicted octanol–water partition coefficient (Wildman–Crippen LogP) is 2.98. The van der Waals surface area contributed by atoms with Crippen LogP contribution in [0.1, 0.15) is 11.1 Å². The van der Waals surface area contributed by atoms with Crippen molar-refractivity contribution in [1.82, 2.24) is 0 Å². The fraction of sp³-hybridized carbons (Fsp3) is 0.600. The molecule has 0 N–H and O–H groups in total. The third kappa shape index (κ3) is 9.16. The van der Waals surface area contributed by atoms with E-state index in [-0.39, 0.29) is 51.6 Å². The van der Waals surface area contributed by atoms with E-state index in [0.29, 0.717) is 49.4 Å². The van der Waals surface area contributed by atoms with Crippen LogP contribution in [0.25, 0.3) is 11.1 Å². The zero-order valence-electron chi connectivity index (χ0n) is 24.0. The number of ether oxygens (including phenoxy) is 12. The van der Waals surface area contributed by atoms with Crippen molar-refractivity contribution in [3.63, 3.8) is 0 Å². The van der Waals surface area contributed by atoms with E-state index < -0.39 is 0 Å². The molecule has 4 aliphatic rings. The molecule has 4 unspecified atom stereocenters. The van der Waals surface area contributed by atoms with E-state index in [1.165, 1.54) is 0 Å². The van der Waals surface area contributed by atoms with Crippen LogP contribution in [0.3, 0.4) is 0 Å². The zero-order valence-corrected chi connectivity index (χ0v) is 24.0. The van der Waals surface area contributed by atoms with Crippen LogP contribution in [0.4, 0.5) is 0 Å². The predicted molar refractivity (Wildman–Crippen MR) is 146 cm³/mol. The van der Waals surface area contributed by atoms with Gasteiger partial charge in [-0.15, -0.1) is 0 Å². The molecule has 4 aliphatic heterocycles. The third-order valence-electron chi connectivity index (χ3n) is 6.81. The van der Waals surface area contributed by atoms with E-state index in [0.717, 1.165) is 48.7 Å². The van der Waals surface area contributed by atoms with Crippen molar-refractivity contribution in [3.8, 4) is 34.1 Å². The van der Waals surface area contributed by atoms with Gasteiger partial charge in [-0.05, 0) is 60.4 Å². The van der Waals surface area contributed by atoms with E-state index in [2.05, 4.69) is 0 Å². The number of hydrogen-bond acceptors (Lipinski definition) is 12. The largest absolute Gasteiger partial charge is 0.464 e. The monoisotopic (exact) mass is 590 g/mol. The molecule has 0 bridgehead atoms. The maximum atomic E-state index is 6.03. The van der Waals surface area contributed by atoms with Crippen molar-refractivity contribution >= 4 is 0 Å². The molecule has 6 rings (SSSR count). The number of rotatable bonds is 21. The van der Waals surface area contributed by atoms with E-state index in [9.17, 15) is 0 Å². The minimum Gasteiger partial charge on any atom is -0.464 e. The number of epoxide rings is 4. The maximum absolute atomic E-state index is 6.03. The normalized spacial score (nSPS) is 23.4. The Kier molecular flexibility index (Phi) is 9.93. The van der Waals surface area contributed by atoms with Crippen LogP contribution in [0.5, 0.6) is 23.0 Å². The summed E-state index contributed by atoms with van der Waals surface area (Å²) in [5, 5.41) is 0. The Labute approximate surface area is 244 Å². The second-order valence-electron chi connectivity index (χ2n) is 10.6. The Morgan fingerprint density at radius 3 is 1.12 bits per heavy atom. The van der Waals surface area contributed by atoms with Gasteiger partial charge in [0.15, 0.2) is 50.2 Å². The zero-order chi connectivity index (χ0) is 28.7. The molecule has 230 valence electrons. The Bertz CT molecular complexity index is 1080. The summed E-state index contributed by atoms with van der Waals surface area (Å²) in [7, 11) is 0. The van der Waals surface area contributed by atoms with Crippen LogP contribution < -0.4 is 18.9 Å². The molecular weight excluding hydrogens is 552 g/mol. The van der Waals surface area contributed by atoms with Gasteiger partial charge in [0.05, 0.1) is 52.9 Å². The number of benzene rings is 2. The summed E-state index contributed by atoms with van der Waals surface area (Å²) in [6, 6.07) is 7.90. The van der Waals surface area contributed by atoms with Gasteiger partial charge in [0, 0.05) is 0 Å². The topological polar surface area (TPSA) is 124 Å². The Hall–Kier alpha value is -2.68. The standard InChI is InChI=1S/C30H38O12/c1-19-3-21(5-27(39-15-31-7-23-11-35-23)29(19)41-17-33-9-25-13-37-25)22-4-20(2)30(42-18-34-10-26-14-38-26)28(6-22)40-16-32-8-24-12-36-24/h3-6,23-26H,7-18H2,1-2H3. The van der Waals surface area contributed by atoms with Crippen LogP contribution in [0.15, 0.2) is 24.3 Å². The van der Waals surface area contributed by atoms with Crippen LogP contribution in [-0.2, 0) is 37.9 Å². The molecule has 4 saturated heterocycles. The first-order valence-electron chi connectivity index (χ1n) is 14.2. The average molecular weight is 591 g/mol. The summed E-state index contributed by atoms with van der Waals surface area (Å²) in [4.78, 5) is 0. The lowest BCUT2D eigenvalue weighted by Gasteiger charge is -2.19. The lowest BCUT2D eigenvalue weighted by atomic mass is 9.99. The second kappa shape index (κ2) is 14.2. The summed E-state index contributed by atoms with van der Waals surface area (Å²) >= 11 is 0. The molecule has 0 radical (unpaired) electrons. The first-order valence-corrected chi connectivity index (χ1v) is 14.2. The Balaban J connectivity index is 1.18. The highest BCUT2D eigenvalue weighted by Gasteiger charge is 2.25. The molecule has 12 nitrogen and oxygen atoms in total. The first kappa shape index (κ1) is 29.4. The quantitative estimate of drug-likeness (QED) is 0.121. The van der Waals surface area contributed by atoms with Crippen LogP contribution >= 0.6 is 0 Å². The van der Waals surface area contributed by atoms with Gasteiger partial charge in [0.2, 0.25) is 0 Å². The van der Waals surface area contributed by atoms with Gasteiger partial charge in [-0.2, -0.15) is 0 Å². The molecule has 4 atom stereocenters. The molecule has 0 saturated carbocycles. The van der Waals surface area contributed by atoms with Gasteiger partial charge < -0.3 is 56.8 Å². The summed E-state index contributed by atoms with van der Waals surface area (Å²) < 4.78 is 67.3. The van der Waals surface area contributed by atoms with Gasteiger partial charge in [-0.3, -0.25) is 0 Å². The maximum Gasteiger partial charge on any atom is 0.189 e. The molecule has 42 heavy (non-hydrogen) atoms. The molecular formula is C30H38O12. The molecule has 2 aromatic carbocycles. The summed E-state index contributed by atoms with van der Waals surface area (Å²) in [6.07, 6.45) is 0.601. The van der Waals surface area contributed by atoms with Gasteiger partial charge in [-0.25, -0.2) is 0 Å². The highest BCUT2D eigenvalue weighted by atomic mass is 16.7. The lowest BCUT2D eigenvalue weighted by molar-refractivity contribution is -0.00678. The van der Waals surface area contributed by atoms with Gasteiger partial charge >= 0.3 is 0 Å². The summed E-state index contributed by atoms with van der Waals surface area (Å²) in [5.74, 6) is 2.25. The summed E-state index contributed by atoms with van der Waals surface area (Å²) in [6.45, 7) is 9.03. The van der Waals surface area contributed by atoms with E-state index in [1.54, 1.807) is 0 Å². The van der Waals surface area contributed by atoms with E-state index >= 15 is 0 Å². The molecule has 12 heteroatoms. The third-order valence-corrected chi connectivity index (χ3v) is 6.81. The lowest BCUT2D eigenvalue weighted by Crippen LogP contribution is -2.12. The second-order valence-corrected chi connectivity index (χ2v) is 10.6. The molecule has 4 fully saturated rings. The molecule has 0 spiro atoms. The molecule has 0 amide bonds. The molecule has 4 heterocycles. The Morgan fingerprint density at radius 1 is 0.500 bits per heavy atom. The minimum atomic E-state index is 0.0595. The van der Waals surface area contributed by atoms with Crippen LogP contribution in [0, 0.1) is 13.8 Å². The van der Waals surface area contributed by atoms with Crippen molar-refractivity contribution in [2.75, 3.05) is 80.0 Å². The number of hydrogen-bond donors (Lipinski definition) is 0. The van der Waals surface area contributed by atoms with Gasteiger partial charge in [0.25, 0.3) is 0 Å². The fourth-order valence-electron chi connectivity index (χ4n) is 4.19. The molecule has 0 aromatic heterocycles. The highest BCUT2D eigenvalue weighted by molar-refractivity contribution is 5.73. The van der Waals surface area contributed by atoms with Crippen molar-refractivity contribution in [1.29, 1.82) is 0 Å². The average Bonchev–Trinajstić information content (AvgIpc) is 3.81. The van der Waals surface area contributed by atoms with Crippen molar-refractivity contribution in [3.05, 3.63) is 35.4 Å². The van der Waals surface area contributed by atoms with Crippen molar-refractivity contribution in [2.45, 2.75) is 38.3 Å². The summed E-state index contributed by atoms with van der Waals surface area (Å²) in [5.41, 5.74) is 3.56. The smallest absolute Gasteiger partial charge is 0.189 e.